The van der Waals surface area contributed by atoms with Gasteiger partial charge < -0.3 is 19.1 Å². The number of benzene rings is 2. The van der Waals surface area contributed by atoms with Crippen LogP contribution >= 0.6 is 11.6 Å². The van der Waals surface area contributed by atoms with Crippen molar-refractivity contribution in [3.63, 3.8) is 0 Å². The maximum atomic E-state index is 13.6. The van der Waals surface area contributed by atoms with E-state index in [2.05, 4.69) is 18.4 Å². The van der Waals surface area contributed by atoms with Crippen LogP contribution in [0.5, 0.6) is 5.75 Å². The van der Waals surface area contributed by atoms with E-state index in [1.54, 1.807) is 26.8 Å². The van der Waals surface area contributed by atoms with Crippen molar-refractivity contribution in [1.29, 1.82) is 0 Å². The average Bonchev–Trinajstić information content (AvgIpc) is 3.06. The van der Waals surface area contributed by atoms with Crippen LogP contribution in [0.15, 0.2) is 36.4 Å². The molecule has 1 atom stereocenters. The molecule has 0 aliphatic carbocycles. The number of aromatic nitrogens is 1. The number of fused-ring (bicyclic) bond motifs is 1. The summed E-state index contributed by atoms with van der Waals surface area (Å²) in [5.41, 5.74) is 1.55. The molecule has 1 unspecified atom stereocenters. The van der Waals surface area contributed by atoms with Crippen LogP contribution in [0.2, 0.25) is 5.02 Å². The van der Waals surface area contributed by atoms with Crippen molar-refractivity contribution >= 4 is 34.4 Å². The first-order valence-electron chi connectivity index (χ1n) is 11.5. The second-order valence-corrected chi connectivity index (χ2v) is 9.30. The van der Waals surface area contributed by atoms with Crippen molar-refractivity contribution in [2.75, 3.05) is 13.2 Å². The Morgan fingerprint density at radius 1 is 1.09 bits per heavy atom. The first-order chi connectivity index (χ1) is 16.1. The van der Waals surface area contributed by atoms with Crippen LogP contribution in [0, 0.1) is 12.8 Å². The molecule has 34 heavy (non-hydrogen) atoms. The number of nitrogens with zero attached hydrogens (tertiary/aromatic N) is 1. The predicted octanol–water partition coefficient (Wildman–Crippen LogP) is 6.01. The molecule has 0 amide bonds. The van der Waals surface area contributed by atoms with E-state index in [0.29, 0.717) is 39.6 Å². The third-order valence-corrected chi connectivity index (χ3v) is 6.42. The van der Waals surface area contributed by atoms with Crippen molar-refractivity contribution in [1.82, 2.24) is 4.57 Å². The highest BCUT2D eigenvalue weighted by atomic mass is 35.5. The van der Waals surface area contributed by atoms with Crippen molar-refractivity contribution in [2.45, 2.75) is 53.5 Å². The van der Waals surface area contributed by atoms with Crippen molar-refractivity contribution < 1.29 is 24.2 Å². The summed E-state index contributed by atoms with van der Waals surface area (Å²) >= 11 is 6.57. The highest BCUT2D eigenvalue weighted by Gasteiger charge is 2.43. The Bertz CT molecular complexity index is 1230. The second-order valence-electron chi connectivity index (χ2n) is 8.89. The molecule has 0 radical (unpaired) electrons. The van der Waals surface area contributed by atoms with E-state index in [0.717, 1.165) is 11.2 Å². The zero-order valence-corrected chi connectivity index (χ0v) is 21.3. The molecular formula is C27H32ClNO5. The topological polar surface area (TPSA) is 77.8 Å². The molecule has 6 nitrogen and oxygen atoms in total. The molecule has 1 aromatic heterocycles. The molecule has 3 aromatic rings. The fourth-order valence-corrected chi connectivity index (χ4v) is 4.84. The van der Waals surface area contributed by atoms with Gasteiger partial charge in [0.1, 0.15) is 11.2 Å². The molecule has 2 aromatic carbocycles. The van der Waals surface area contributed by atoms with Crippen LogP contribution in [-0.2, 0) is 26.2 Å². The monoisotopic (exact) mass is 485 g/mol. The molecule has 0 aliphatic heterocycles. The smallest absolute Gasteiger partial charge is 0.340 e. The molecule has 0 saturated carbocycles. The quantitative estimate of drug-likeness (QED) is 0.395. The van der Waals surface area contributed by atoms with Gasteiger partial charge in [-0.2, -0.15) is 0 Å². The van der Waals surface area contributed by atoms with Gasteiger partial charge >= 0.3 is 11.9 Å². The number of phenols is 1. The van der Waals surface area contributed by atoms with E-state index in [-0.39, 0.29) is 19.0 Å². The lowest BCUT2D eigenvalue weighted by Crippen LogP contribution is -2.36. The number of phenolic OH excluding ortho intramolecular Hbond substituents is 1. The molecule has 1 N–H and O–H groups in total. The number of ether oxygens (including phenoxy) is 2. The Hall–Kier alpha value is -2.99. The molecule has 0 bridgehead atoms. The average molecular weight is 486 g/mol. The second kappa shape index (κ2) is 10.1. The van der Waals surface area contributed by atoms with Gasteiger partial charge in [0.15, 0.2) is 0 Å². The van der Waals surface area contributed by atoms with Gasteiger partial charge in [-0.1, -0.05) is 37.6 Å². The van der Waals surface area contributed by atoms with E-state index in [1.807, 2.05) is 25.1 Å². The van der Waals surface area contributed by atoms with E-state index < -0.39 is 17.4 Å². The molecule has 182 valence electrons. The number of hydrogen-bond acceptors (Lipinski definition) is 5. The Balaban J connectivity index is 2.49. The molecule has 0 spiro atoms. The highest BCUT2D eigenvalue weighted by Crippen LogP contribution is 2.44. The molecule has 1 heterocycles. The highest BCUT2D eigenvalue weighted by molar-refractivity contribution is 6.32. The normalized spacial score (nSPS) is 13.2. The minimum Gasteiger partial charge on any atom is -0.508 e. The van der Waals surface area contributed by atoms with Gasteiger partial charge in [0.2, 0.25) is 0 Å². The van der Waals surface area contributed by atoms with Gasteiger partial charge in [-0.05, 0) is 69.0 Å². The maximum Gasteiger partial charge on any atom is 0.340 e. The number of esters is 2. The standard InChI is InChI=1S/C27H32ClNO5/c1-7-33-25(31)23-17(5)29(15-16(3)4)22-11-9-10-19(24(22)23)27(6,26(32)34-8-2)20-14-18(30)12-13-21(20)28/h9-14,16,30H,7-8,15H2,1-6H3. The van der Waals surface area contributed by atoms with Crippen molar-refractivity contribution in [3.8, 4) is 5.75 Å². The zero-order chi connectivity index (χ0) is 25.2. The summed E-state index contributed by atoms with van der Waals surface area (Å²) in [5, 5.41) is 11.2. The lowest BCUT2D eigenvalue weighted by molar-refractivity contribution is -0.147. The number of halogens is 1. The van der Waals surface area contributed by atoms with Crippen LogP contribution in [0.4, 0.5) is 0 Å². The third kappa shape index (κ3) is 4.39. The molecule has 7 heteroatoms. The Labute approximate surface area is 205 Å². The lowest BCUT2D eigenvalue weighted by Gasteiger charge is -2.30. The van der Waals surface area contributed by atoms with Gasteiger partial charge in [0, 0.05) is 28.2 Å². The summed E-state index contributed by atoms with van der Waals surface area (Å²) in [5.74, 6) is -0.682. The number of carbonyl (C=O) groups excluding carboxylic acids is 2. The summed E-state index contributed by atoms with van der Waals surface area (Å²) in [6, 6.07) is 10.1. The SMILES string of the molecule is CCOC(=O)c1c(C)n(CC(C)C)c2cccc(C(C)(C(=O)OCC)c3cc(O)ccc3Cl)c12. The minimum atomic E-state index is -1.40. The zero-order valence-electron chi connectivity index (χ0n) is 20.6. The Morgan fingerprint density at radius 2 is 1.76 bits per heavy atom. The number of aromatic hydroxyl groups is 1. The molecule has 0 fully saturated rings. The number of rotatable bonds is 8. The van der Waals surface area contributed by atoms with Crippen LogP contribution in [0.3, 0.4) is 0 Å². The van der Waals surface area contributed by atoms with Gasteiger partial charge in [0.05, 0.1) is 18.8 Å². The largest absolute Gasteiger partial charge is 0.508 e. The molecule has 3 rings (SSSR count). The fourth-order valence-electron chi connectivity index (χ4n) is 4.53. The van der Waals surface area contributed by atoms with Gasteiger partial charge in [0.25, 0.3) is 0 Å². The minimum absolute atomic E-state index is 0.0266. The lowest BCUT2D eigenvalue weighted by atomic mass is 9.74. The number of carbonyl (C=O) groups is 2. The predicted molar refractivity (Wildman–Crippen MR) is 134 cm³/mol. The van der Waals surface area contributed by atoms with Crippen molar-refractivity contribution in [3.05, 3.63) is 63.8 Å². The van der Waals surface area contributed by atoms with E-state index >= 15 is 0 Å². The first-order valence-corrected chi connectivity index (χ1v) is 11.9. The molecule has 0 aliphatic rings. The Morgan fingerprint density at radius 3 is 2.38 bits per heavy atom. The van der Waals surface area contributed by atoms with Crippen LogP contribution in [0.25, 0.3) is 10.9 Å². The summed E-state index contributed by atoms with van der Waals surface area (Å²) in [4.78, 5) is 26.8. The Kier molecular flexibility index (Phi) is 7.61. The summed E-state index contributed by atoms with van der Waals surface area (Å²) in [7, 11) is 0. The summed E-state index contributed by atoms with van der Waals surface area (Å²) in [6.07, 6.45) is 0. The molecular weight excluding hydrogens is 454 g/mol. The van der Waals surface area contributed by atoms with Gasteiger partial charge in [-0.25, -0.2) is 4.79 Å². The third-order valence-electron chi connectivity index (χ3n) is 6.09. The van der Waals surface area contributed by atoms with Gasteiger partial charge in [-0.3, -0.25) is 4.79 Å². The van der Waals surface area contributed by atoms with Crippen LogP contribution in [-0.4, -0.2) is 34.8 Å². The van der Waals surface area contributed by atoms with E-state index in [1.165, 1.54) is 12.1 Å². The van der Waals surface area contributed by atoms with E-state index in [9.17, 15) is 14.7 Å². The van der Waals surface area contributed by atoms with Crippen molar-refractivity contribution in [2.24, 2.45) is 5.92 Å². The summed E-state index contributed by atoms with van der Waals surface area (Å²) in [6.45, 7) is 12.4. The maximum absolute atomic E-state index is 13.6. The fraction of sp³-hybridized carbons (Fsp3) is 0.407. The molecule has 0 saturated heterocycles. The number of hydrogen-bond donors (Lipinski definition) is 1. The van der Waals surface area contributed by atoms with Crippen LogP contribution in [0.1, 0.15) is 61.8 Å². The van der Waals surface area contributed by atoms with Gasteiger partial charge in [-0.15, -0.1) is 0 Å². The first kappa shape index (κ1) is 25.6. The van der Waals surface area contributed by atoms with Crippen LogP contribution < -0.4 is 0 Å². The van der Waals surface area contributed by atoms with E-state index in [4.69, 9.17) is 21.1 Å². The summed E-state index contributed by atoms with van der Waals surface area (Å²) < 4.78 is 13.0.